The number of amidine groups is 1. The number of hydrogen-bond donors (Lipinski definition) is 6. The number of methoxy groups -OCH3 is 1. The van der Waals surface area contributed by atoms with Gasteiger partial charge in [0.2, 0.25) is 0 Å². The minimum absolute atomic E-state index is 0.0364. The Morgan fingerprint density at radius 3 is 2.23 bits per heavy atom. The number of anilines is 1. The molecule has 1 saturated heterocycles. The summed E-state index contributed by atoms with van der Waals surface area (Å²) in [4.78, 5) is 53.7. The van der Waals surface area contributed by atoms with Crippen LogP contribution < -0.4 is 26.5 Å². The standard InChI is InChI=1S/C46H62N4O11.C11H12F3N3S/c1-22(2)21-50-18-16-46(17-19-50)48-34-31-32-39(54)28(8)42-33(31)43(56)45(10,61-42)59-20-15-30(58-11)25(5)41(60-29(9)51)27(7)38(53)26(6)37(52)23(3)13-12-14-24(4)44(57)47-36(40(32)55)35(34)49-46;1-2-18-10(15)17-16-7-8-3-5-9(6-4-8)11(12,13)14/h12-15,20,22-23,25-27,30,37-38,41,52-55H,16-19,21H2,1-11H3,(H,47,57);3-7H,2H2,1H3,(H2,15,17)/b13-12-,20-15-,24-14+;16-7+/t23-,25-,26+,27+,30-,37-,38+,41-,45-;/m0./s1. The molecule has 79 heavy (non-hydrogen) atoms. The Morgan fingerprint density at radius 1 is 0.987 bits per heavy atom. The van der Waals surface area contributed by atoms with Crippen molar-refractivity contribution in [3.63, 3.8) is 0 Å². The lowest BCUT2D eigenvalue weighted by atomic mass is 9.78. The second-order valence-corrected chi connectivity index (χ2v) is 22.5. The molecule has 0 saturated carbocycles. The number of aliphatic hydroxyl groups excluding tert-OH is 2. The SMILES string of the molecule is CCS/C(N)=N\N=C\c1ccc(C(F)(F)F)cc1.CO[C@H]1/C=C\O[C@@]2(C)Oc3c(C)c(O)c4c(O)c(c5c(c4c3C2=O)=NC2(CCN(CC(C)C)CC2)N=5)NC(=O)/C(C)=C/C=C\[C@H](C)[C@H](O)[C@@H](C)[C@@H](O)[C@@H](C)[C@@H](OC(C)=O)[C@H]1C. The van der Waals surface area contributed by atoms with Crippen molar-refractivity contribution in [2.24, 2.45) is 55.5 Å². The first-order valence-corrected chi connectivity index (χ1v) is 27.3. The van der Waals surface area contributed by atoms with Gasteiger partial charge in [-0.1, -0.05) is 90.6 Å². The number of fused-ring (bicyclic) bond motifs is 1. The van der Waals surface area contributed by atoms with E-state index in [1.165, 1.54) is 57.3 Å². The zero-order valence-corrected chi connectivity index (χ0v) is 47.5. The molecule has 0 aliphatic carbocycles. The Morgan fingerprint density at radius 2 is 1.63 bits per heavy atom. The summed E-state index contributed by atoms with van der Waals surface area (Å²) in [6.45, 7) is 21.4. The summed E-state index contributed by atoms with van der Waals surface area (Å²) in [7, 11) is 1.47. The molecule has 1 fully saturated rings. The van der Waals surface area contributed by atoms with E-state index in [4.69, 9.17) is 34.7 Å². The molecule has 4 aliphatic rings. The quantitative estimate of drug-likeness (QED) is 0.0433. The van der Waals surface area contributed by atoms with Gasteiger partial charge >= 0.3 is 17.9 Å². The zero-order valence-electron chi connectivity index (χ0n) is 46.7. The molecule has 9 atom stereocenters. The van der Waals surface area contributed by atoms with Crippen LogP contribution in [-0.4, -0.2) is 123 Å². The van der Waals surface area contributed by atoms with Gasteiger partial charge in [-0.15, -0.1) is 5.10 Å². The minimum Gasteiger partial charge on any atom is -0.507 e. The number of ether oxygens (including phenoxy) is 4. The van der Waals surface area contributed by atoms with Crippen LogP contribution in [0, 0.1) is 36.5 Å². The van der Waals surface area contributed by atoms with E-state index < -0.39 is 94.7 Å². The van der Waals surface area contributed by atoms with Crippen LogP contribution in [0.25, 0.3) is 10.8 Å². The molecule has 18 nitrogen and oxygen atoms in total. The van der Waals surface area contributed by atoms with Crippen LogP contribution >= 0.6 is 11.8 Å². The van der Waals surface area contributed by atoms with Gasteiger partial charge < -0.3 is 55.3 Å². The highest BCUT2D eigenvalue weighted by Gasteiger charge is 2.50. The molecule has 0 aromatic heterocycles. The number of phenols is 2. The average molecular weight is 1120 g/mol. The number of rotatable bonds is 7. The number of phenolic OH excluding ortho intramolecular Hbond substituents is 2. The van der Waals surface area contributed by atoms with E-state index in [0.717, 1.165) is 24.4 Å². The molecule has 3 aromatic rings. The molecule has 4 heterocycles. The van der Waals surface area contributed by atoms with Gasteiger partial charge in [0.05, 0.1) is 52.7 Å². The fourth-order valence-electron chi connectivity index (χ4n) is 10.3. The molecular formula is C57H74F3N7O11S. The third-order valence-corrected chi connectivity index (χ3v) is 15.4. The lowest BCUT2D eigenvalue weighted by molar-refractivity contribution is -0.160. The van der Waals surface area contributed by atoms with Crippen molar-refractivity contribution in [1.82, 2.24) is 4.90 Å². The van der Waals surface area contributed by atoms with Crippen molar-refractivity contribution >= 4 is 57.3 Å². The number of allylic oxidation sites excluding steroid dienone is 2. The van der Waals surface area contributed by atoms with E-state index in [9.17, 15) is 48.0 Å². The maximum absolute atomic E-state index is 14.7. The number of amides is 1. The number of carbonyl (C=O) groups excluding carboxylic acids is 3. The van der Waals surface area contributed by atoms with Gasteiger partial charge in [-0.05, 0) is 49.3 Å². The smallest absolute Gasteiger partial charge is 0.416 e. The van der Waals surface area contributed by atoms with Gasteiger partial charge in [0.15, 0.2) is 16.6 Å². The summed E-state index contributed by atoms with van der Waals surface area (Å²) in [6.07, 6.45) is 2.06. The highest BCUT2D eigenvalue weighted by Crippen LogP contribution is 2.50. The second kappa shape index (κ2) is 25.4. The van der Waals surface area contributed by atoms with E-state index in [0.29, 0.717) is 42.6 Å². The minimum atomic E-state index is -4.32. The number of likely N-dealkylation sites (tertiary alicyclic amines) is 1. The van der Waals surface area contributed by atoms with Crippen molar-refractivity contribution in [2.75, 3.05) is 37.8 Å². The van der Waals surface area contributed by atoms with Crippen LogP contribution in [0.2, 0.25) is 0 Å². The van der Waals surface area contributed by atoms with Crippen LogP contribution in [0.3, 0.4) is 0 Å². The van der Waals surface area contributed by atoms with E-state index in [2.05, 4.69) is 34.3 Å². The third kappa shape index (κ3) is 13.8. The first kappa shape index (κ1) is 61.9. The number of hydrogen-bond acceptors (Lipinski definition) is 17. The number of carbonyl (C=O) groups is 3. The van der Waals surface area contributed by atoms with Crippen molar-refractivity contribution in [3.05, 3.63) is 93.4 Å². The fourth-order valence-corrected chi connectivity index (χ4v) is 10.7. The Bertz CT molecular complexity index is 3050. The maximum atomic E-state index is 14.7. The second-order valence-electron chi connectivity index (χ2n) is 21.2. The largest absolute Gasteiger partial charge is 0.507 e. The summed E-state index contributed by atoms with van der Waals surface area (Å²) in [5.74, 6) is -5.66. The Kier molecular flexibility index (Phi) is 19.9. The molecule has 0 radical (unpaired) electrons. The number of Topliss-reactive ketones (excluding diaryl/α,β-unsaturated/α-hetero) is 1. The molecule has 430 valence electrons. The molecule has 22 heteroatoms. The predicted molar refractivity (Wildman–Crippen MR) is 296 cm³/mol. The normalized spacial score (nSPS) is 28.2. The molecule has 7 rings (SSSR count). The van der Waals surface area contributed by atoms with Gasteiger partial charge in [0, 0.05) is 93.6 Å². The molecular weight excluding hydrogens is 1050 g/mol. The molecule has 4 aliphatic heterocycles. The number of aromatic hydroxyl groups is 2. The number of piperidine rings is 1. The third-order valence-electron chi connectivity index (χ3n) is 14.8. The van der Waals surface area contributed by atoms with Gasteiger partial charge in [-0.2, -0.15) is 18.3 Å². The number of nitrogens with two attached hydrogens (primary N) is 1. The van der Waals surface area contributed by atoms with Gasteiger partial charge in [0.1, 0.15) is 28.6 Å². The zero-order chi connectivity index (χ0) is 58.5. The number of nitrogens with zero attached hydrogens (tertiary/aromatic N) is 5. The van der Waals surface area contributed by atoms with Crippen molar-refractivity contribution in [3.8, 4) is 17.2 Å². The lowest BCUT2D eigenvalue weighted by Gasteiger charge is -2.38. The van der Waals surface area contributed by atoms with Gasteiger partial charge in [-0.25, -0.2) is 0 Å². The summed E-state index contributed by atoms with van der Waals surface area (Å²) in [5, 5.41) is 57.9. The van der Waals surface area contributed by atoms with Gasteiger partial charge in [-0.3, -0.25) is 24.4 Å². The van der Waals surface area contributed by atoms with Crippen LogP contribution in [-0.2, 0) is 30.0 Å². The number of halogens is 3. The number of benzene rings is 3. The highest BCUT2D eigenvalue weighted by atomic mass is 32.2. The number of ketones is 1. The Labute approximate surface area is 462 Å². The summed E-state index contributed by atoms with van der Waals surface area (Å²) in [6, 6.07) is 4.64. The molecule has 1 amide bonds. The van der Waals surface area contributed by atoms with E-state index >= 15 is 0 Å². The van der Waals surface area contributed by atoms with Crippen LogP contribution in [0.1, 0.15) is 109 Å². The van der Waals surface area contributed by atoms with E-state index in [-0.39, 0.29) is 55.4 Å². The number of esters is 1. The highest BCUT2D eigenvalue weighted by molar-refractivity contribution is 8.13. The monoisotopic (exact) mass is 1120 g/mol. The first-order valence-electron chi connectivity index (χ1n) is 26.3. The number of aliphatic hydroxyl groups is 2. The molecule has 3 aromatic carbocycles. The Balaban J connectivity index is 0.000000475. The van der Waals surface area contributed by atoms with Crippen LogP contribution in [0.15, 0.2) is 80.6 Å². The molecule has 7 N–H and O–H groups in total. The average Bonchev–Trinajstić information content (AvgIpc) is 3.47. The molecule has 1 spiro atoms. The summed E-state index contributed by atoms with van der Waals surface area (Å²) < 4.78 is 60.8. The summed E-state index contributed by atoms with van der Waals surface area (Å²) in [5.41, 5.74) is 4.75. The number of thioether (sulfide) groups is 1. The van der Waals surface area contributed by atoms with E-state index in [1.54, 1.807) is 65.8 Å². The predicted octanol–water partition coefficient (Wildman–Crippen LogP) is 7.86. The Hall–Kier alpha value is -6.33. The van der Waals surface area contributed by atoms with Gasteiger partial charge in [0.25, 0.3) is 11.7 Å². The van der Waals surface area contributed by atoms with Crippen LogP contribution in [0.5, 0.6) is 17.2 Å². The fraction of sp³-hybridized carbons (Fsp3) is 0.526. The van der Waals surface area contributed by atoms with Crippen LogP contribution in [0.4, 0.5) is 18.9 Å². The summed E-state index contributed by atoms with van der Waals surface area (Å²) >= 11 is 1.34. The van der Waals surface area contributed by atoms with Crippen molar-refractivity contribution < 1.29 is 66.9 Å². The first-order chi connectivity index (χ1) is 37.1. The number of nitrogens with one attached hydrogen (secondary N) is 1. The van der Waals surface area contributed by atoms with Crippen molar-refractivity contribution in [2.45, 2.75) is 131 Å². The molecule has 4 bridgehead atoms. The topological polar surface area (TPSA) is 260 Å². The molecule has 0 unspecified atom stereocenters. The number of alkyl halides is 3. The van der Waals surface area contributed by atoms with Crippen molar-refractivity contribution in [1.29, 1.82) is 0 Å². The lowest BCUT2D eigenvalue weighted by Crippen LogP contribution is -2.46. The maximum Gasteiger partial charge on any atom is 0.416 e. The van der Waals surface area contributed by atoms with E-state index in [1.807, 2.05) is 6.92 Å².